The van der Waals surface area contributed by atoms with Gasteiger partial charge in [-0.2, -0.15) is 5.10 Å². The highest BCUT2D eigenvalue weighted by molar-refractivity contribution is 6.17. The van der Waals surface area contributed by atoms with Crippen molar-refractivity contribution in [2.24, 2.45) is 0 Å². The summed E-state index contributed by atoms with van der Waals surface area (Å²) in [6, 6.07) is 12.7. The number of rotatable bonds is 1. The van der Waals surface area contributed by atoms with Crippen LogP contribution in [-0.4, -0.2) is 46.1 Å². The van der Waals surface area contributed by atoms with Crippen molar-refractivity contribution in [2.75, 3.05) is 19.0 Å². The lowest BCUT2D eigenvalue weighted by Gasteiger charge is -2.32. The quantitative estimate of drug-likeness (QED) is 0.684. The number of aromatic hydroxyl groups is 1. The standard InChI is InChI=1S/C21H18N4O3/c1-11-8-9-12(15(26)10-11)17-16-18(23-22-17)19(27)25(3)21(16)13-6-4-5-7-14(13)24(2)20(21)28/h4-10,26H,1-3H3,(H,22,23)/t21-/m1/s1. The number of para-hydroxylation sites is 1. The van der Waals surface area contributed by atoms with Crippen molar-refractivity contribution in [1.29, 1.82) is 0 Å². The van der Waals surface area contributed by atoms with Crippen molar-refractivity contribution in [3.63, 3.8) is 0 Å². The van der Waals surface area contributed by atoms with E-state index in [1.807, 2.05) is 37.3 Å². The van der Waals surface area contributed by atoms with Crippen LogP contribution in [0.3, 0.4) is 0 Å². The zero-order valence-corrected chi connectivity index (χ0v) is 15.6. The van der Waals surface area contributed by atoms with E-state index in [0.29, 0.717) is 16.8 Å². The molecule has 2 aromatic carbocycles. The maximum atomic E-state index is 13.6. The Morgan fingerprint density at radius 1 is 1.11 bits per heavy atom. The lowest BCUT2D eigenvalue weighted by molar-refractivity contribution is -0.125. The van der Waals surface area contributed by atoms with Gasteiger partial charge in [0.05, 0.1) is 5.56 Å². The molecule has 1 aromatic heterocycles. The minimum atomic E-state index is -1.31. The number of hydrogen-bond donors (Lipinski definition) is 2. The molecular formula is C21H18N4O3. The fourth-order valence-corrected chi connectivity index (χ4v) is 4.48. The number of fused-ring (bicyclic) bond motifs is 4. The fraction of sp³-hybridized carbons (Fsp3) is 0.190. The molecule has 7 heteroatoms. The third-order valence-corrected chi connectivity index (χ3v) is 5.83. The summed E-state index contributed by atoms with van der Waals surface area (Å²) >= 11 is 0. The van der Waals surface area contributed by atoms with Crippen LogP contribution in [0.5, 0.6) is 5.75 Å². The summed E-state index contributed by atoms with van der Waals surface area (Å²) in [4.78, 5) is 29.6. The van der Waals surface area contributed by atoms with Gasteiger partial charge in [0.2, 0.25) is 0 Å². The number of likely N-dealkylation sites (N-methyl/N-ethyl adjacent to an activating group) is 2. The highest BCUT2D eigenvalue weighted by Gasteiger charge is 2.62. The second-order valence-electron chi connectivity index (χ2n) is 7.30. The number of nitrogens with zero attached hydrogens (tertiary/aromatic N) is 3. The lowest BCUT2D eigenvalue weighted by atomic mass is 9.83. The van der Waals surface area contributed by atoms with Gasteiger partial charge in [-0.3, -0.25) is 14.7 Å². The van der Waals surface area contributed by atoms with E-state index in [0.717, 1.165) is 16.8 Å². The monoisotopic (exact) mass is 374 g/mol. The zero-order valence-electron chi connectivity index (χ0n) is 15.6. The second kappa shape index (κ2) is 5.22. The number of H-pyrrole nitrogens is 1. The molecule has 0 radical (unpaired) electrons. The number of aromatic nitrogens is 2. The van der Waals surface area contributed by atoms with Crippen LogP contribution >= 0.6 is 0 Å². The van der Waals surface area contributed by atoms with Crippen molar-refractivity contribution >= 4 is 17.5 Å². The van der Waals surface area contributed by atoms with Crippen molar-refractivity contribution in [1.82, 2.24) is 15.1 Å². The molecule has 0 fully saturated rings. The SMILES string of the molecule is Cc1ccc(-c2n[nH]c3c2[C@]2(C(=O)N(C)c4ccccc42)N(C)C3=O)c(O)c1. The van der Waals surface area contributed by atoms with E-state index in [1.165, 1.54) is 4.90 Å². The highest BCUT2D eigenvalue weighted by atomic mass is 16.3. The van der Waals surface area contributed by atoms with Gasteiger partial charge in [0.15, 0.2) is 5.54 Å². The predicted octanol–water partition coefficient (Wildman–Crippen LogP) is 2.40. The molecule has 7 nitrogen and oxygen atoms in total. The first-order chi connectivity index (χ1) is 13.4. The number of carbonyl (C=O) groups is 2. The number of aromatic amines is 1. The van der Waals surface area contributed by atoms with Crippen LogP contribution in [0.15, 0.2) is 42.5 Å². The van der Waals surface area contributed by atoms with E-state index >= 15 is 0 Å². The maximum absolute atomic E-state index is 13.6. The summed E-state index contributed by atoms with van der Waals surface area (Å²) in [5, 5.41) is 17.7. The Labute approximate surface area is 161 Å². The number of nitrogens with one attached hydrogen (secondary N) is 1. The van der Waals surface area contributed by atoms with Crippen molar-refractivity contribution in [2.45, 2.75) is 12.5 Å². The second-order valence-corrected chi connectivity index (χ2v) is 7.30. The van der Waals surface area contributed by atoms with Gasteiger partial charge in [-0.15, -0.1) is 0 Å². The van der Waals surface area contributed by atoms with Crippen molar-refractivity contribution < 1.29 is 14.7 Å². The minimum Gasteiger partial charge on any atom is -0.507 e. The molecule has 0 aliphatic carbocycles. The summed E-state index contributed by atoms with van der Waals surface area (Å²) in [6.45, 7) is 1.88. The molecule has 0 bridgehead atoms. The summed E-state index contributed by atoms with van der Waals surface area (Å²) in [6.07, 6.45) is 0. The van der Waals surface area contributed by atoms with Gasteiger partial charge in [-0.05, 0) is 30.7 Å². The van der Waals surface area contributed by atoms with E-state index in [2.05, 4.69) is 10.2 Å². The molecule has 2 aliphatic heterocycles. The van der Waals surface area contributed by atoms with Crippen LogP contribution in [0, 0.1) is 6.92 Å². The Kier molecular flexibility index (Phi) is 3.09. The normalized spacial score (nSPS) is 20.2. The van der Waals surface area contributed by atoms with Gasteiger partial charge in [-0.25, -0.2) is 0 Å². The van der Waals surface area contributed by atoms with Gasteiger partial charge < -0.3 is 14.9 Å². The summed E-state index contributed by atoms with van der Waals surface area (Å²) in [5.41, 5.74) is 2.72. The predicted molar refractivity (Wildman–Crippen MR) is 103 cm³/mol. The van der Waals surface area contributed by atoms with Crippen LogP contribution in [0.25, 0.3) is 11.3 Å². The van der Waals surface area contributed by atoms with E-state index in [1.54, 1.807) is 31.1 Å². The van der Waals surface area contributed by atoms with Crippen LogP contribution in [0.1, 0.15) is 27.2 Å². The fourth-order valence-electron chi connectivity index (χ4n) is 4.48. The van der Waals surface area contributed by atoms with Crippen LogP contribution < -0.4 is 4.90 Å². The van der Waals surface area contributed by atoms with E-state index in [9.17, 15) is 14.7 Å². The van der Waals surface area contributed by atoms with Gasteiger partial charge in [-0.1, -0.05) is 24.3 Å². The van der Waals surface area contributed by atoms with Crippen molar-refractivity contribution in [3.05, 3.63) is 64.8 Å². The summed E-state index contributed by atoms with van der Waals surface area (Å²) in [7, 11) is 3.33. The molecule has 0 saturated heterocycles. The molecule has 2 aliphatic rings. The Morgan fingerprint density at radius 2 is 1.86 bits per heavy atom. The Balaban J connectivity index is 1.87. The molecule has 2 amide bonds. The molecule has 3 heterocycles. The average molecular weight is 374 g/mol. The largest absolute Gasteiger partial charge is 0.507 e. The summed E-state index contributed by atoms with van der Waals surface area (Å²) < 4.78 is 0. The number of benzene rings is 2. The Morgan fingerprint density at radius 3 is 2.61 bits per heavy atom. The topological polar surface area (TPSA) is 89.5 Å². The number of anilines is 1. The molecule has 2 N–H and O–H groups in total. The number of carbonyl (C=O) groups excluding carboxylic acids is 2. The van der Waals surface area contributed by atoms with E-state index in [4.69, 9.17) is 0 Å². The Hall–Kier alpha value is -3.61. The molecular weight excluding hydrogens is 356 g/mol. The van der Waals surface area contributed by atoms with Crippen molar-refractivity contribution in [3.8, 4) is 17.0 Å². The zero-order chi connectivity index (χ0) is 19.8. The first-order valence-electron chi connectivity index (χ1n) is 8.93. The molecule has 3 aromatic rings. The molecule has 1 atom stereocenters. The number of phenolic OH excluding ortho intramolecular Hbond substituents is 1. The maximum Gasteiger partial charge on any atom is 0.273 e. The molecule has 1 spiro atoms. The number of phenols is 1. The molecule has 0 unspecified atom stereocenters. The smallest absolute Gasteiger partial charge is 0.273 e. The first-order valence-corrected chi connectivity index (χ1v) is 8.93. The van der Waals surface area contributed by atoms with Gasteiger partial charge >= 0.3 is 0 Å². The van der Waals surface area contributed by atoms with Gasteiger partial charge in [0.25, 0.3) is 11.8 Å². The number of amides is 2. The highest BCUT2D eigenvalue weighted by Crippen LogP contribution is 2.54. The third-order valence-electron chi connectivity index (χ3n) is 5.83. The van der Waals surface area contributed by atoms with E-state index in [-0.39, 0.29) is 23.3 Å². The molecule has 140 valence electrons. The first kappa shape index (κ1) is 16.6. The molecule has 5 rings (SSSR count). The van der Waals surface area contributed by atoms with E-state index < -0.39 is 5.54 Å². The van der Waals surface area contributed by atoms with Crippen LogP contribution in [0.2, 0.25) is 0 Å². The number of hydrogen-bond acceptors (Lipinski definition) is 4. The Bertz CT molecular complexity index is 1180. The molecule has 0 saturated carbocycles. The van der Waals surface area contributed by atoms with Crippen LogP contribution in [0.4, 0.5) is 5.69 Å². The minimum absolute atomic E-state index is 0.0542. The lowest BCUT2D eigenvalue weighted by Crippen LogP contribution is -2.49. The molecule has 28 heavy (non-hydrogen) atoms. The summed E-state index contributed by atoms with van der Waals surface area (Å²) in [5.74, 6) is -0.477. The average Bonchev–Trinajstić information content (AvgIpc) is 3.27. The van der Waals surface area contributed by atoms with Crippen LogP contribution in [-0.2, 0) is 10.3 Å². The van der Waals surface area contributed by atoms with Gasteiger partial charge in [0.1, 0.15) is 17.1 Å². The third kappa shape index (κ3) is 1.71. The number of aryl methyl sites for hydroxylation is 1. The van der Waals surface area contributed by atoms with Gasteiger partial charge in [0, 0.05) is 30.9 Å².